The summed E-state index contributed by atoms with van der Waals surface area (Å²) in [6.45, 7) is 1.81. The van der Waals surface area contributed by atoms with Gasteiger partial charge in [0.25, 0.3) is 5.91 Å². The van der Waals surface area contributed by atoms with Gasteiger partial charge in [-0.15, -0.1) is 0 Å². The summed E-state index contributed by atoms with van der Waals surface area (Å²) in [6, 6.07) is 13.7. The third-order valence-electron chi connectivity index (χ3n) is 3.92. The average molecular weight is 360 g/mol. The predicted molar refractivity (Wildman–Crippen MR) is 89.6 cm³/mol. The Balaban J connectivity index is 1.97. The second-order valence-corrected chi connectivity index (χ2v) is 5.72. The van der Waals surface area contributed by atoms with Crippen molar-refractivity contribution >= 4 is 11.6 Å². The molecule has 0 saturated carbocycles. The normalized spacial score (nSPS) is 11.4. The van der Waals surface area contributed by atoms with Crippen molar-refractivity contribution < 1.29 is 22.5 Å². The Hall–Kier alpha value is -3.09. The Labute approximate surface area is 147 Å². The lowest BCUT2D eigenvalue weighted by Gasteiger charge is -2.23. The summed E-state index contributed by atoms with van der Waals surface area (Å²) in [6.07, 6.45) is -3.13. The number of amides is 1. The molecule has 3 rings (SSSR count). The van der Waals surface area contributed by atoms with Crippen LogP contribution in [0.5, 0.6) is 0 Å². The van der Waals surface area contributed by atoms with Crippen LogP contribution in [-0.4, -0.2) is 11.1 Å². The first-order valence-electron chi connectivity index (χ1n) is 7.80. The molecule has 0 unspecified atom stereocenters. The zero-order valence-corrected chi connectivity index (χ0v) is 13.8. The molecule has 0 radical (unpaired) electrons. The van der Waals surface area contributed by atoms with Crippen LogP contribution >= 0.6 is 0 Å². The smallest absolute Gasteiger partial charge is 0.361 e. The monoisotopic (exact) mass is 360 g/mol. The molecule has 0 aliphatic rings. The maximum absolute atomic E-state index is 12.9. The summed E-state index contributed by atoms with van der Waals surface area (Å²) in [5, 5.41) is 3.60. The number of rotatable bonds is 4. The summed E-state index contributed by atoms with van der Waals surface area (Å²) in [5.74, 6) is -0.0488. The molecule has 4 nitrogen and oxygen atoms in total. The van der Waals surface area contributed by atoms with Gasteiger partial charge in [0.2, 0.25) is 0 Å². The molecular formula is C19H15F3N2O2. The van der Waals surface area contributed by atoms with E-state index in [1.54, 1.807) is 6.92 Å². The van der Waals surface area contributed by atoms with Gasteiger partial charge >= 0.3 is 6.18 Å². The molecular weight excluding hydrogens is 345 g/mol. The minimum atomic E-state index is -4.43. The van der Waals surface area contributed by atoms with Gasteiger partial charge in [0, 0.05) is 5.69 Å². The third kappa shape index (κ3) is 3.77. The van der Waals surface area contributed by atoms with Crippen LogP contribution < -0.4 is 4.90 Å². The molecule has 1 aromatic heterocycles. The summed E-state index contributed by atoms with van der Waals surface area (Å²) >= 11 is 0. The van der Waals surface area contributed by atoms with Crippen molar-refractivity contribution in [1.82, 2.24) is 5.16 Å². The number of carbonyl (C=O) groups excluding carboxylic acids is 1. The number of alkyl halides is 3. The topological polar surface area (TPSA) is 46.3 Å². The highest BCUT2D eigenvalue weighted by Gasteiger charge is 2.30. The van der Waals surface area contributed by atoms with Crippen LogP contribution in [0, 0.1) is 6.92 Å². The second kappa shape index (κ2) is 7.03. The number of nitrogens with zero attached hydrogens (tertiary/aromatic N) is 2. The molecule has 0 bridgehead atoms. The summed E-state index contributed by atoms with van der Waals surface area (Å²) in [5.41, 5.74) is 0.692. The number of carbonyl (C=O) groups is 1. The molecule has 0 N–H and O–H groups in total. The van der Waals surface area contributed by atoms with Crippen molar-refractivity contribution in [3.63, 3.8) is 0 Å². The van der Waals surface area contributed by atoms with E-state index in [-0.39, 0.29) is 12.1 Å². The molecule has 1 amide bonds. The van der Waals surface area contributed by atoms with Gasteiger partial charge in [-0.25, -0.2) is 0 Å². The molecule has 0 aliphatic carbocycles. The molecule has 0 saturated heterocycles. The van der Waals surface area contributed by atoms with E-state index >= 15 is 0 Å². The van der Waals surface area contributed by atoms with Gasteiger partial charge in [0.05, 0.1) is 18.3 Å². The highest BCUT2D eigenvalue weighted by atomic mass is 19.4. The average Bonchev–Trinajstić information content (AvgIpc) is 3.05. The molecule has 134 valence electrons. The van der Waals surface area contributed by atoms with Crippen molar-refractivity contribution in [2.45, 2.75) is 19.6 Å². The largest absolute Gasteiger partial charge is 0.416 e. The number of aryl methyl sites for hydroxylation is 1. The predicted octanol–water partition coefficient (Wildman–Crippen LogP) is 4.85. The minimum Gasteiger partial charge on any atom is -0.361 e. The lowest BCUT2D eigenvalue weighted by atomic mass is 10.1. The quantitative estimate of drug-likeness (QED) is 0.668. The molecule has 26 heavy (non-hydrogen) atoms. The number of hydrogen-bond donors (Lipinski definition) is 0. The van der Waals surface area contributed by atoms with Crippen LogP contribution in [-0.2, 0) is 12.7 Å². The van der Waals surface area contributed by atoms with Crippen molar-refractivity contribution in [2.75, 3.05) is 4.90 Å². The first-order valence-corrected chi connectivity index (χ1v) is 7.80. The summed E-state index contributed by atoms with van der Waals surface area (Å²) < 4.78 is 43.3. The highest BCUT2D eigenvalue weighted by molar-refractivity contribution is 6.06. The molecule has 1 heterocycles. The Bertz CT molecular complexity index is 887. The Kier molecular flexibility index (Phi) is 4.79. The van der Waals surface area contributed by atoms with Crippen molar-refractivity contribution in [3.05, 3.63) is 83.2 Å². The third-order valence-corrected chi connectivity index (χ3v) is 3.92. The molecule has 7 heteroatoms. The molecule has 2 aromatic carbocycles. The molecule has 0 fully saturated rings. The highest BCUT2D eigenvalue weighted by Crippen LogP contribution is 2.31. The van der Waals surface area contributed by atoms with Gasteiger partial charge < -0.3 is 9.42 Å². The zero-order chi connectivity index (χ0) is 18.7. The van der Waals surface area contributed by atoms with Gasteiger partial charge in [-0.05, 0) is 36.8 Å². The Morgan fingerprint density at radius 1 is 1.08 bits per heavy atom. The van der Waals surface area contributed by atoms with Crippen LogP contribution in [0.25, 0.3) is 0 Å². The van der Waals surface area contributed by atoms with E-state index < -0.39 is 17.6 Å². The molecule has 0 aliphatic heterocycles. The maximum Gasteiger partial charge on any atom is 0.416 e. The van der Waals surface area contributed by atoms with E-state index in [2.05, 4.69) is 5.16 Å². The van der Waals surface area contributed by atoms with E-state index in [1.165, 1.54) is 23.2 Å². The summed E-state index contributed by atoms with van der Waals surface area (Å²) in [7, 11) is 0. The fraction of sp³-hybridized carbons (Fsp3) is 0.158. The van der Waals surface area contributed by atoms with Gasteiger partial charge in [0.15, 0.2) is 0 Å². The maximum atomic E-state index is 12.9. The van der Waals surface area contributed by atoms with Gasteiger partial charge in [-0.3, -0.25) is 4.79 Å². The molecule has 3 aromatic rings. The molecule has 0 atom stereocenters. The minimum absolute atomic E-state index is 0.204. The number of hydrogen-bond acceptors (Lipinski definition) is 3. The van der Waals surface area contributed by atoms with Crippen LogP contribution in [0.3, 0.4) is 0 Å². The van der Waals surface area contributed by atoms with Gasteiger partial charge in [-0.2, -0.15) is 13.2 Å². The van der Waals surface area contributed by atoms with Crippen molar-refractivity contribution in [3.8, 4) is 0 Å². The van der Waals surface area contributed by atoms with Gasteiger partial charge in [-0.1, -0.05) is 35.5 Å². The molecule has 0 spiro atoms. The lowest BCUT2D eigenvalue weighted by Crippen LogP contribution is -2.30. The lowest BCUT2D eigenvalue weighted by molar-refractivity contribution is -0.137. The van der Waals surface area contributed by atoms with Crippen LogP contribution in [0.2, 0.25) is 0 Å². The van der Waals surface area contributed by atoms with E-state index in [0.29, 0.717) is 11.4 Å². The van der Waals surface area contributed by atoms with Crippen LogP contribution in [0.4, 0.5) is 18.9 Å². The number of halogens is 3. The van der Waals surface area contributed by atoms with E-state index in [1.807, 2.05) is 30.3 Å². The number of benzene rings is 2. The first-order chi connectivity index (χ1) is 12.4. The van der Waals surface area contributed by atoms with E-state index in [9.17, 15) is 18.0 Å². The van der Waals surface area contributed by atoms with E-state index in [0.717, 1.165) is 17.7 Å². The van der Waals surface area contributed by atoms with Crippen molar-refractivity contribution in [2.24, 2.45) is 0 Å². The van der Waals surface area contributed by atoms with Crippen LogP contribution in [0.1, 0.15) is 27.2 Å². The van der Waals surface area contributed by atoms with Crippen molar-refractivity contribution in [1.29, 1.82) is 0 Å². The zero-order valence-electron chi connectivity index (χ0n) is 13.8. The number of aromatic nitrogens is 1. The fourth-order valence-corrected chi connectivity index (χ4v) is 2.53. The second-order valence-electron chi connectivity index (χ2n) is 5.72. The summed E-state index contributed by atoms with van der Waals surface area (Å²) in [4.78, 5) is 14.3. The SMILES string of the molecule is Cc1oncc1C(=O)N(Cc1ccccc1)c1ccc(C(F)(F)F)cc1. The van der Waals surface area contributed by atoms with Gasteiger partial charge in [0.1, 0.15) is 11.3 Å². The first kappa shape index (κ1) is 17.7. The Morgan fingerprint density at radius 2 is 1.73 bits per heavy atom. The standard InChI is InChI=1S/C19H15F3N2O2/c1-13-17(11-23-26-13)18(25)24(12-14-5-3-2-4-6-14)16-9-7-15(8-10-16)19(20,21)22/h2-11H,12H2,1H3. The number of anilines is 1. The Morgan fingerprint density at radius 3 is 2.27 bits per heavy atom. The fourth-order valence-electron chi connectivity index (χ4n) is 2.53. The van der Waals surface area contributed by atoms with E-state index in [4.69, 9.17) is 4.52 Å². The van der Waals surface area contributed by atoms with Crippen LogP contribution in [0.15, 0.2) is 65.3 Å².